The highest BCUT2D eigenvalue weighted by Crippen LogP contribution is 2.09. The van der Waals surface area contributed by atoms with Gasteiger partial charge in [-0.25, -0.2) is 0 Å². The van der Waals surface area contributed by atoms with Crippen LogP contribution in [0.1, 0.15) is 20.3 Å². The normalized spacial score (nSPS) is 16.3. The molecule has 0 aromatic heterocycles. The van der Waals surface area contributed by atoms with E-state index in [0.29, 0.717) is 6.42 Å². The number of rotatable bonds is 4. The zero-order valence-electron chi connectivity index (χ0n) is 6.50. The Kier molecular flexibility index (Phi) is 4.03. The van der Waals surface area contributed by atoms with Gasteiger partial charge < -0.3 is 10.8 Å². The summed E-state index contributed by atoms with van der Waals surface area (Å²) >= 11 is 0. The number of nitrogens with two attached hydrogens (primary N) is 1. The Hall–Kier alpha value is -0.570. The Morgan fingerprint density at radius 1 is 1.60 bits per heavy atom. The third-order valence-electron chi connectivity index (χ3n) is 1.55. The summed E-state index contributed by atoms with van der Waals surface area (Å²) in [6.07, 6.45) is 0.672. The molecule has 0 aromatic carbocycles. The molecule has 0 radical (unpaired) electrons. The minimum absolute atomic E-state index is 0.123. The van der Waals surface area contributed by atoms with Crippen molar-refractivity contribution < 1.29 is 9.90 Å². The summed E-state index contributed by atoms with van der Waals surface area (Å²) in [5, 5.41) is 8.61. The number of aliphatic hydroxyl groups excluding tert-OH is 1. The van der Waals surface area contributed by atoms with Gasteiger partial charge in [0.1, 0.15) is 0 Å². The lowest BCUT2D eigenvalue weighted by Crippen LogP contribution is -2.23. The fraction of sp³-hybridized carbons (Fsp3) is 0.857. The molecule has 10 heavy (non-hydrogen) atoms. The van der Waals surface area contributed by atoms with Crippen LogP contribution in [-0.2, 0) is 4.79 Å². The highest BCUT2D eigenvalue weighted by Gasteiger charge is 2.11. The van der Waals surface area contributed by atoms with E-state index in [1.807, 2.05) is 6.92 Å². The van der Waals surface area contributed by atoms with Crippen molar-refractivity contribution in [3.05, 3.63) is 0 Å². The highest BCUT2D eigenvalue weighted by atomic mass is 16.3. The van der Waals surface area contributed by atoms with Crippen molar-refractivity contribution in [2.45, 2.75) is 20.3 Å². The molecule has 0 aromatic rings. The molecule has 3 N–H and O–H groups in total. The second-order valence-corrected chi connectivity index (χ2v) is 2.83. The van der Waals surface area contributed by atoms with E-state index in [1.165, 1.54) is 0 Å². The summed E-state index contributed by atoms with van der Waals surface area (Å²) in [5.41, 5.74) is 5.02. The molecule has 0 fully saturated rings. The summed E-state index contributed by atoms with van der Waals surface area (Å²) in [6.45, 7) is 3.78. The molecule has 0 saturated heterocycles. The smallest absolute Gasteiger partial charge is 0.220 e. The van der Waals surface area contributed by atoms with Crippen LogP contribution in [0.3, 0.4) is 0 Å². The number of carbonyl (C=O) groups is 1. The zero-order chi connectivity index (χ0) is 8.15. The fourth-order valence-electron chi connectivity index (χ4n) is 0.794. The van der Waals surface area contributed by atoms with E-state index >= 15 is 0 Å². The Labute approximate surface area is 61.2 Å². The lowest BCUT2D eigenvalue weighted by atomic mass is 9.98. The molecule has 3 nitrogen and oxygen atoms in total. The van der Waals surface area contributed by atoms with Gasteiger partial charge >= 0.3 is 0 Å². The number of hydrogen-bond acceptors (Lipinski definition) is 2. The molecule has 60 valence electrons. The van der Waals surface area contributed by atoms with Gasteiger partial charge in [0.2, 0.25) is 5.91 Å². The average Bonchev–Trinajstić information content (AvgIpc) is 1.87. The van der Waals surface area contributed by atoms with Gasteiger partial charge in [0.15, 0.2) is 0 Å². The van der Waals surface area contributed by atoms with Crippen LogP contribution in [-0.4, -0.2) is 17.6 Å². The average molecular weight is 145 g/mol. The van der Waals surface area contributed by atoms with Gasteiger partial charge in [0.25, 0.3) is 0 Å². The SMILES string of the molecule is CC(CO)C[C@@H](C)C(N)=O. The molecule has 0 aliphatic heterocycles. The molecule has 1 amide bonds. The maximum Gasteiger partial charge on any atom is 0.220 e. The van der Waals surface area contributed by atoms with E-state index in [2.05, 4.69) is 0 Å². The first-order valence-electron chi connectivity index (χ1n) is 3.48. The van der Waals surface area contributed by atoms with E-state index in [0.717, 1.165) is 0 Å². The first kappa shape index (κ1) is 9.43. The van der Waals surface area contributed by atoms with Gasteiger partial charge in [-0.1, -0.05) is 13.8 Å². The second-order valence-electron chi connectivity index (χ2n) is 2.83. The Morgan fingerprint density at radius 2 is 2.10 bits per heavy atom. The molecule has 0 saturated carbocycles. The quantitative estimate of drug-likeness (QED) is 0.590. The fourth-order valence-corrected chi connectivity index (χ4v) is 0.794. The van der Waals surface area contributed by atoms with E-state index in [1.54, 1.807) is 6.92 Å². The van der Waals surface area contributed by atoms with Crippen molar-refractivity contribution in [1.82, 2.24) is 0 Å². The predicted octanol–water partition coefficient (Wildman–Crippen LogP) is 0.126. The zero-order valence-corrected chi connectivity index (χ0v) is 6.50. The lowest BCUT2D eigenvalue weighted by molar-refractivity contribution is -0.121. The van der Waals surface area contributed by atoms with Gasteiger partial charge in [-0.15, -0.1) is 0 Å². The van der Waals surface area contributed by atoms with Crippen molar-refractivity contribution >= 4 is 5.91 Å². The largest absolute Gasteiger partial charge is 0.396 e. The van der Waals surface area contributed by atoms with E-state index in [9.17, 15) is 4.79 Å². The van der Waals surface area contributed by atoms with Gasteiger partial charge in [0.05, 0.1) is 0 Å². The van der Waals surface area contributed by atoms with Crippen molar-refractivity contribution in [3.63, 3.8) is 0 Å². The van der Waals surface area contributed by atoms with Crippen LogP contribution in [0.15, 0.2) is 0 Å². The minimum atomic E-state index is -0.291. The first-order chi connectivity index (χ1) is 4.57. The third-order valence-corrected chi connectivity index (χ3v) is 1.55. The lowest BCUT2D eigenvalue weighted by Gasteiger charge is -2.10. The monoisotopic (exact) mass is 145 g/mol. The van der Waals surface area contributed by atoms with E-state index in [-0.39, 0.29) is 24.3 Å². The van der Waals surface area contributed by atoms with Gasteiger partial charge in [-0.2, -0.15) is 0 Å². The van der Waals surface area contributed by atoms with E-state index in [4.69, 9.17) is 10.8 Å². The van der Waals surface area contributed by atoms with Gasteiger partial charge in [0, 0.05) is 12.5 Å². The number of primary amides is 1. The molecule has 0 bridgehead atoms. The molecule has 0 heterocycles. The Morgan fingerprint density at radius 3 is 2.40 bits per heavy atom. The first-order valence-corrected chi connectivity index (χ1v) is 3.48. The molecule has 3 heteroatoms. The maximum atomic E-state index is 10.5. The van der Waals surface area contributed by atoms with Crippen LogP contribution in [0.2, 0.25) is 0 Å². The summed E-state index contributed by atoms with van der Waals surface area (Å²) in [6, 6.07) is 0. The topological polar surface area (TPSA) is 63.3 Å². The molecular formula is C7H15NO2. The third kappa shape index (κ3) is 3.45. The van der Waals surface area contributed by atoms with Crippen molar-refractivity contribution in [2.24, 2.45) is 17.6 Å². The van der Waals surface area contributed by atoms with Crippen LogP contribution in [0.4, 0.5) is 0 Å². The maximum absolute atomic E-state index is 10.5. The van der Waals surface area contributed by atoms with Gasteiger partial charge in [-0.3, -0.25) is 4.79 Å². The van der Waals surface area contributed by atoms with Crippen LogP contribution >= 0.6 is 0 Å². The molecule has 0 aliphatic rings. The standard InChI is InChI=1S/C7H15NO2/c1-5(4-9)3-6(2)7(8)10/h5-6,9H,3-4H2,1-2H3,(H2,8,10)/t5?,6-/m1/s1. The van der Waals surface area contributed by atoms with E-state index < -0.39 is 0 Å². The molecular weight excluding hydrogens is 130 g/mol. The molecule has 2 atom stereocenters. The summed E-state index contributed by atoms with van der Waals surface area (Å²) < 4.78 is 0. The number of hydrogen-bond donors (Lipinski definition) is 2. The van der Waals surface area contributed by atoms with Gasteiger partial charge in [-0.05, 0) is 12.3 Å². The van der Waals surface area contributed by atoms with Crippen molar-refractivity contribution in [2.75, 3.05) is 6.61 Å². The molecule has 0 aliphatic carbocycles. The highest BCUT2D eigenvalue weighted by molar-refractivity contribution is 5.76. The van der Waals surface area contributed by atoms with Crippen molar-refractivity contribution in [3.8, 4) is 0 Å². The predicted molar refractivity (Wildman–Crippen MR) is 39.2 cm³/mol. The van der Waals surface area contributed by atoms with Crippen LogP contribution < -0.4 is 5.73 Å². The summed E-state index contributed by atoms with van der Waals surface area (Å²) in [5.74, 6) is -0.245. The van der Waals surface area contributed by atoms with Crippen LogP contribution in [0, 0.1) is 11.8 Å². The van der Waals surface area contributed by atoms with Crippen molar-refractivity contribution in [1.29, 1.82) is 0 Å². The molecule has 0 rings (SSSR count). The van der Waals surface area contributed by atoms with Crippen LogP contribution in [0.5, 0.6) is 0 Å². The number of carbonyl (C=O) groups excluding carboxylic acids is 1. The summed E-state index contributed by atoms with van der Waals surface area (Å²) in [7, 11) is 0. The second kappa shape index (κ2) is 4.28. The molecule has 0 spiro atoms. The number of amides is 1. The number of aliphatic hydroxyl groups is 1. The van der Waals surface area contributed by atoms with Crippen LogP contribution in [0.25, 0.3) is 0 Å². The Balaban J connectivity index is 3.56. The summed E-state index contributed by atoms with van der Waals surface area (Å²) in [4.78, 5) is 10.5. The Bertz CT molecular complexity index is 114. The molecule has 1 unspecified atom stereocenters. The minimum Gasteiger partial charge on any atom is -0.396 e.